The fraction of sp³-hybridized carbons (Fsp3) is 0.176. The predicted octanol–water partition coefficient (Wildman–Crippen LogP) is 2.23. The van der Waals surface area contributed by atoms with Gasteiger partial charge in [0.2, 0.25) is 5.88 Å². The Morgan fingerprint density at radius 2 is 2.15 bits per heavy atom. The van der Waals surface area contributed by atoms with Crippen LogP contribution in [0.4, 0.5) is 0 Å². The highest BCUT2D eigenvalue weighted by Gasteiger charge is 2.11. The first-order valence-corrected chi connectivity index (χ1v) is 8.02. The Hall–Kier alpha value is -3.20. The second kappa shape index (κ2) is 9.33. The molecule has 3 N–H and O–H groups in total. The molecule has 0 aliphatic rings. The number of carbonyl (C=O) groups excluding carboxylic acids is 1. The van der Waals surface area contributed by atoms with Crippen LogP contribution in [0.25, 0.3) is 0 Å². The van der Waals surface area contributed by atoms with Crippen molar-refractivity contribution in [2.75, 3.05) is 13.7 Å². The van der Waals surface area contributed by atoms with Crippen molar-refractivity contribution in [3.63, 3.8) is 0 Å². The molecule has 1 aromatic carbocycles. The minimum atomic E-state index is -0.441. The first kappa shape index (κ1) is 19.1. The molecule has 0 unspecified atom stereocenters. The monoisotopic (exact) mass is 374 g/mol. The molecule has 0 amide bonds. The van der Waals surface area contributed by atoms with Gasteiger partial charge in [0.1, 0.15) is 0 Å². The third-order valence-corrected chi connectivity index (χ3v) is 3.13. The summed E-state index contributed by atoms with van der Waals surface area (Å²) < 4.78 is 16.0. The van der Waals surface area contributed by atoms with Gasteiger partial charge >= 0.3 is 5.97 Å². The van der Waals surface area contributed by atoms with E-state index < -0.39 is 5.97 Å². The smallest absolute Gasteiger partial charge is 0.338 e. The molecule has 9 heteroatoms. The van der Waals surface area contributed by atoms with Crippen molar-refractivity contribution in [1.29, 1.82) is 0 Å². The highest BCUT2D eigenvalue weighted by molar-refractivity contribution is 7.80. The van der Waals surface area contributed by atoms with Crippen molar-refractivity contribution in [3.8, 4) is 17.4 Å². The average molecular weight is 374 g/mol. The SMILES string of the molecule is CCOC(=O)c1ccnc(Oc2ccc(C=NNC(N)=S)cc2OC)c1. The van der Waals surface area contributed by atoms with Crippen molar-refractivity contribution < 1.29 is 19.0 Å². The molecule has 136 valence electrons. The van der Waals surface area contributed by atoms with Crippen LogP contribution in [0.15, 0.2) is 41.6 Å². The maximum absolute atomic E-state index is 11.8. The van der Waals surface area contributed by atoms with Crippen LogP contribution in [0, 0.1) is 0 Å². The zero-order valence-electron chi connectivity index (χ0n) is 14.3. The zero-order chi connectivity index (χ0) is 18.9. The summed E-state index contributed by atoms with van der Waals surface area (Å²) in [6.07, 6.45) is 3.00. The Morgan fingerprint density at radius 3 is 2.85 bits per heavy atom. The third-order valence-electron chi connectivity index (χ3n) is 3.04. The van der Waals surface area contributed by atoms with Gasteiger partial charge in [-0.3, -0.25) is 5.43 Å². The van der Waals surface area contributed by atoms with Gasteiger partial charge in [-0.05, 0) is 49.0 Å². The van der Waals surface area contributed by atoms with Crippen molar-refractivity contribution in [1.82, 2.24) is 10.4 Å². The number of hydrogen-bond acceptors (Lipinski definition) is 7. The van der Waals surface area contributed by atoms with E-state index in [-0.39, 0.29) is 17.6 Å². The molecular formula is C17H18N4O4S. The summed E-state index contributed by atoms with van der Waals surface area (Å²) >= 11 is 4.67. The van der Waals surface area contributed by atoms with Crippen LogP contribution in [0.3, 0.4) is 0 Å². The van der Waals surface area contributed by atoms with E-state index in [0.29, 0.717) is 17.1 Å². The number of benzene rings is 1. The number of nitrogens with two attached hydrogens (primary N) is 1. The van der Waals surface area contributed by atoms with Crippen LogP contribution in [0.5, 0.6) is 17.4 Å². The number of hydrazone groups is 1. The first-order chi connectivity index (χ1) is 12.5. The molecule has 1 heterocycles. The average Bonchev–Trinajstić information content (AvgIpc) is 2.63. The fourth-order valence-corrected chi connectivity index (χ4v) is 1.99. The van der Waals surface area contributed by atoms with Crippen LogP contribution < -0.4 is 20.6 Å². The summed E-state index contributed by atoms with van der Waals surface area (Å²) in [6.45, 7) is 2.03. The maximum Gasteiger partial charge on any atom is 0.338 e. The minimum absolute atomic E-state index is 0.0701. The lowest BCUT2D eigenvalue weighted by Gasteiger charge is -2.11. The van der Waals surface area contributed by atoms with E-state index >= 15 is 0 Å². The quantitative estimate of drug-likeness (QED) is 0.329. The van der Waals surface area contributed by atoms with Gasteiger partial charge in [-0.2, -0.15) is 5.10 Å². The van der Waals surface area contributed by atoms with E-state index in [1.165, 1.54) is 25.6 Å². The molecule has 0 bridgehead atoms. The Kier molecular flexibility index (Phi) is 6.86. The van der Waals surface area contributed by atoms with Gasteiger partial charge in [0.15, 0.2) is 16.6 Å². The van der Waals surface area contributed by atoms with E-state index in [9.17, 15) is 4.79 Å². The Morgan fingerprint density at radius 1 is 1.35 bits per heavy atom. The number of aromatic nitrogens is 1. The molecule has 0 saturated carbocycles. The molecule has 0 radical (unpaired) electrons. The number of pyridine rings is 1. The number of esters is 1. The molecule has 0 spiro atoms. The van der Waals surface area contributed by atoms with Gasteiger partial charge in [0.25, 0.3) is 0 Å². The third kappa shape index (κ3) is 5.42. The topological polar surface area (TPSA) is 108 Å². The number of thiocarbonyl (C=S) groups is 1. The van der Waals surface area contributed by atoms with Crippen LogP contribution in [0.2, 0.25) is 0 Å². The van der Waals surface area contributed by atoms with Crippen molar-refractivity contribution >= 4 is 29.5 Å². The number of rotatable bonds is 7. The standard InChI is InChI=1S/C17H18N4O4S/c1-3-24-16(22)12-6-7-19-15(9-12)25-13-5-4-11(8-14(13)23-2)10-20-21-17(18)26/h4-10H,3H2,1-2H3,(H3,18,21,26). The highest BCUT2D eigenvalue weighted by Crippen LogP contribution is 2.31. The lowest BCUT2D eigenvalue weighted by atomic mass is 10.2. The van der Waals surface area contributed by atoms with Crippen LogP contribution in [0.1, 0.15) is 22.8 Å². The van der Waals surface area contributed by atoms with Gasteiger partial charge < -0.3 is 19.9 Å². The van der Waals surface area contributed by atoms with Crippen molar-refractivity contribution in [2.45, 2.75) is 6.92 Å². The fourth-order valence-electron chi connectivity index (χ4n) is 1.94. The predicted molar refractivity (Wildman–Crippen MR) is 101 cm³/mol. The molecule has 8 nitrogen and oxygen atoms in total. The second-order valence-electron chi connectivity index (χ2n) is 4.85. The summed E-state index contributed by atoms with van der Waals surface area (Å²) in [7, 11) is 1.51. The lowest BCUT2D eigenvalue weighted by molar-refractivity contribution is 0.0526. The van der Waals surface area contributed by atoms with Crippen molar-refractivity contribution in [3.05, 3.63) is 47.7 Å². The summed E-state index contributed by atoms with van der Waals surface area (Å²) in [5, 5.41) is 3.95. The van der Waals surface area contributed by atoms with Gasteiger partial charge in [-0.25, -0.2) is 9.78 Å². The largest absolute Gasteiger partial charge is 0.493 e. The maximum atomic E-state index is 11.8. The van der Waals surface area contributed by atoms with Crippen LogP contribution in [-0.4, -0.2) is 36.0 Å². The molecule has 0 atom stereocenters. The molecule has 1 aromatic heterocycles. The first-order valence-electron chi connectivity index (χ1n) is 7.61. The number of ether oxygens (including phenoxy) is 3. The van der Waals surface area contributed by atoms with Crippen molar-refractivity contribution in [2.24, 2.45) is 10.8 Å². The van der Waals surface area contributed by atoms with E-state index in [1.807, 2.05) is 0 Å². The normalized spacial score (nSPS) is 10.4. The summed E-state index contributed by atoms with van der Waals surface area (Å²) in [5.41, 5.74) is 8.86. The summed E-state index contributed by atoms with van der Waals surface area (Å²) in [4.78, 5) is 15.9. The number of nitrogens with zero attached hydrogens (tertiary/aromatic N) is 2. The number of hydrogen-bond donors (Lipinski definition) is 2. The van der Waals surface area contributed by atoms with Gasteiger partial charge in [-0.15, -0.1) is 0 Å². The molecular weight excluding hydrogens is 356 g/mol. The minimum Gasteiger partial charge on any atom is -0.493 e. The zero-order valence-corrected chi connectivity index (χ0v) is 15.1. The molecule has 0 aliphatic heterocycles. The second-order valence-corrected chi connectivity index (χ2v) is 5.29. The summed E-state index contributed by atoms with van der Waals surface area (Å²) in [5.74, 6) is 0.696. The molecule has 2 rings (SSSR count). The Labute approximate surface area is 156 Å². The van der Waals surface area contributed by atoms with Gasteiger partial charge in [0.05, 0.1) is 25.5 Å². The van der Waals surface area contributed by atoms with Gasteiger partial charge in [-0.1, -0.05) is 0 Å². The molecule has 0 fully saturated rings. The molecule has 2 aromatic rings. The lowest BCUT2D eigenvalue weighted by Crippen LogP contribution is -2.23. The molecule has 0 saturated heterocycles. The molecule has 0 aliphatic carbocycles. The Bertz CT molecular complexity index is 826. The van der Waals surface area contributed by atoms with Crippen LogP contribution in [-0.2, 0) is 4.74 Å². The number of methoxy groups -OCH3 is 1. The highest BCUT2D eigenvalue weighted by atomic mass is 32.1. The van der Waals surface area contributed by atoms with E-state index in [4.69, 9.17) is 19.9 Å². The van der Waals surface area contributed by atoms with Crippen LogP contribution >= 0.6 is 12.2 Å². The number of carbonyl (C=O) groups is 1. The van der Waals surface area contributed by atoms with E-state index in [1.54, 1.807) is 31.2 Å². The van der Waals surface area contributed by atoms with E-state index in [0.717, 1.165) is 5.56 Å². The Balaban J connectivity index is 2.19. The summed E-state index contributed by atoms with van der Waals surface area (Å²) in [6, 6.07) is 8.22. The van der Waals surface area contributed by atoms with E-state index in [2.05, 4.69) is 27.7 Å². The molecule has 26 heavy (non-hydrogen) atoms. The van der Waals surface area contributed by atoms with Gasteiger partial charge in [0, 0.05) is 12.3 Å². The number of nitrogens with one attached hydrogen (secondary N) is 1.